The first-order chi connectivity index (χ1) is 18.9. The number of hydrogen-bond donors (Lipinski definition) is 0. The maximum atomic E-state index is 6.89. The molecule has 0 saturated heterocycles. The lowest BCUT2D eigenvalue weighted by Gasteiger charge is -2.22. The molecule has 0 atom stereocenters. The van der Waals surface area contributed by atoms with E-state index in [4.69, 9.17) is 4.42 Å². The lowest BCUT2D eigenvalue weighted by Crippen LogP contribution is -2.15. The molecular weight excluding hydrogens is 472 g/mol. The minimum Gasteiger partial charge on any atom is -0.456 e. The van der Waals surface area contributed by atoms with Crippen molar-refractivity contribution in [3.8, 4) is 22.3 Å². The van der Waals surface area contributed by atoms with Crippen LogP contribution in [0, 0.1) is 0 Å². The molecule has 0 radical (unpaired) electrons. The predicted molar refractivity (Wildman–Crippen MR) is 164 cm³/mol. The van der Waals surface area contributed by atoms with Gasteiger partial charge in [-0.25, -0.2) is 0 Å². The van der Waals surface area contributed by atoms with Crippen LogP contribution >= 0.6 is 0 Å². The van der Waals surface area contributed by atoms with Crippen LogP contribution in [-0.4, -0.2) is 0 Å². The smallest absolute Gasteiger partial charge is 0.140 e. The summed E-state index contributed by atoms with van der Waals surface area (Å²) in [4.78, 5) is 0. The van der Waals surface area contributed by atoms with Crippen molar-refractivity contribution in [1.82, 2.24) is 0 Å². The van der Waals surface area contributed by atoms with Gasteiger partial charge < -0.3 is 4.42 Å². The lowest BCUT2D eigenvalue weighted by atomic mass is 9.81. The normalized spacial score (nSPS) is 16.1. The van der Waals surface area contributed by atoms with Crippen LogP contribution in [0.25, 0.3) is 65.7 Å². The van der Waals surface area contributed by atoms with E-state index in [0.717, 1.165) is 11.2 Å². The van der Waals surface area contributed by atoms with E-state index in [1.165, 1.54) is 76.8 Å². The fourth-order valence-corrected chi connectivity index (χ4v) is 7.88. The first-order valence-corrected chi connectivity index (χ1v) is 13.9. The van der Waals surface area contributed by atoms with Crippen LogP contribution in [0.15, 0.2) is 101 Å². The van der Waals surface area contributed by atoms with Crippen molar-refractivity contribution in [3.63, 3.8) is 0 Å². The summed E-state index contributed by atoms with van der Waals surface area (Å²) in [5, 5.41) is 7.65. The van der Waals surface area contributed by atoms with Gasteiger partial charge in [-0.2, -0.15) is 0 Å². The third-order valence-electron chi connectivity index (χ3n) is 9.82. The average Bonchev–Trinajstić information content (AvgIpc) is 3.51. The van der Waals surface area contributed by atoms with Gasteiger partial charge >= 0.3 is 0 Å². The average molecular weight is 501 g/mol. The first-order valence-electron chi connectivity index (χ1n) is 13.9. The summed E-state index contributed by atoms with van der Waals surface area (Å²) in [7, 11) is 0. The maximum Gasteiger partial charge on any atom is 0.140 e. The molecule has 1 aromatic heterocycles. The van der Waals surface area contributed by atoms with Gasteiger partial charge in [-0.3, -0.25) is 0 Å². The van der Waals surface area contributed by atoms with E-state index in [9.17, 15) is 0 Å². The van der Waals surface area contributed by atoms with Crippen molar-refractivity contribution in [2.45, 2.75) is 38.5 Å². The highest BCUT2D eigenvalue weighted by Crippen LogP contribution is 2.56. The van der Waals surface area contributed by atoms with E-state index in [2.05, 4.69) is 125 Å². The van der Waals surface area contributed by atoms with Gasteiger partial charge in [0.15, 0.2) is 0 Å². The Hall–Kier alpha value is -4.36. The van der Waals surface area contributed by atoms with Crippen molar-refractivity contribution in [1.29, 1.82) is 0 Å². The molecule has 6 aromatic carbocycles. The second-order valence-corrected chi connectivity index (χ2v) is 12.5. The summed E-state index contributed by atoms with van der Waals surface area (Å²) in [6, 6.07) is 36.1. The largest absolute Gasteiger partial charge is 0.456 e. The van der Waals surface area contributed by atoms with Crippen LogP contribution < -0.4 is 0 Å². The quantitative estimate of drug-likeness (QED) is 0.202. The van der Waals surface area contributed by atoms with E-state index < -0.39 is 0 Å². The zero-order valence-corrected chi connectivity index (χ0v) is 22.6. The van der Waals surface area contributed by atoms with Crippen LogP contribution in [0.3, 0.4) is 0 Å². The second-order valence-electron chi connectivity index (χ2n) is 12.5. The molecule has 0 amide bonds. The molecule has 0 spiro atoms. The molecule has 0 N–H and O–H groups in total. The molecule has 1 nitrogen and oxygen atoms in total. The Bertz CT molecular complexity index is 2220. The molecule has 0 bridgehead atoms. The van der Waals surface area contributed by atoms with Gasteiger partial charge in [0.2, 0.25) is 0 Å². The minimum absolute atomic E-state index is 0.0718. The van der Waals surface area contributed by atoms with Crippen molar-refractivity contribution in [3.05, 3.63) is 119 Å². The fraction of sp³-hybridized carbons (Fsp3) is 0.158. The van der Waals surface area contributed by atoms with Gasteiger partial charge in [0, 0.05) is 27.2 Å². The number of fused-ring (bicyclic) bond motifs is 14. The first kappa shape index (κ1) is 21.6. The Kier molecular flexibility index (Phi) is 3.75. The minimum atomic E-state index is -0.146. The standard InChI is InChI=1S/C38H28O/c1-37(2)29-17-13-22-10-6-8-12-24(22)34(29)28-20-32-27(19-31(28)37)25-15-16-26-33-23-11-7-5-9-21(23)14-18-30(33)38(3,4)35(26)36(25)39-32/h5-20H,1-4H3. The zero-order valence-electron chi connectivity index (χ0n) is 22.6. The number of benzene rings is 6. The van der Waals surface area contributed by atoms with Crippen LogP contribution in [0.1, 0.15) is 49.9 Å². The summed E-state index contributed by atoms with van der Waals surface area (Å²) in [6.07, 6.45) is 0. The van der Waals surface area contributed by atoms with Gasteiger partial charge in [-0.05, 0) is 78.7 Å². The Morgan fingerprint density at radius 1 is 0.487 bits per heavy atom. The highest BCUT2D eigenvalue weighted by molar-refractivity contribution is 6.14. The Morgan fingerprint density at radius 2 is 1.10 bits per heavy atom. The maximum absolute atomic E-state index is 6.89. The molecule has 0 unspecified atom stereocenters. The van der Waals surface area contributed by atoms with E-state index in [0.29, 0.717) is 0 Å². The number of furan rings is 1. The highest BCUT2D eigenvalue weighted by atomic mass is 16.3. The molecule has 7 aromatic rings. The molecule has 2 aliphatic rings. The summed E-state index contributed by atoms with van der Waals surface area (Å²) in [6.45, 7) is 9.43. The predicted octanol–water partition coefficient (Wildman–Crippen LogP) is 10.5. The molecule has 0 aliphatic heterocycles. The molecular formula is C38H28O. The molecule has 0 saturated carbocycles. The van der Waals surface area contributed by atoms with E-state index in [1.807, 2.05) is 0 Å². The molecule has 9 rings (SSSR count). The number of rotatable bonds is 0. The van der Waals surface area contributed by atoms with Crippen molar-refractivity contribution < 1.29 is 4.42 Å². The third-order valence-corrected chi connectivity index (χ3v) is 9.82. The van der Waals surface area contributed by atoms with Gasteiger partial charge in [-0.15, -0.1) is 0 Å². The third kappa shape index (κ3) is 2.48. The molecule has 1 heterocycles. The summed E-state index contributed by atoms with van der Waals surface area (Å²) in [5.74, 6) is 0. The van der Waals surface area contributed by atoms with Crippen LogP contribution in [0.5, 0.6) is 0 Å². The highest BCUT2D eigenvalue weighted by Gasteiger charge is 2.41. The van der Waals surface area contributed by atoms with Crippen LogP contribution in [0.4, 0.5) is 0 Å². The summed E-state index contributed by atoms with van der Waals surface area (Å²) < 4.78 is 6.89. The zero-order chi connectivity index (χ0) is 26.3. The summed E-state index contributed by atoms with van der Waals surface area (Å²) in [5.41, 5.74) is 12.6. The molecule has 0 fully saturated rings. The topological polar surface area (TPSA) is 13.1 Å². The van der Waals surface area contributed by atoms with Gasteiger partial charge in [0.05, 0.1) is 0 Å². The monoisotopic (exact) mass is 500 g/mol. The van der Waals surface area contributed by atoms with Crippen molar-refractivity contribution in [2.75, 3.05) is 0 Å². The lowest BCUT2D eigenvalue weighted by molar-refractivity contribution is 0.620. The Balaban J connectivity index is 1.37. The SMILES string of the molecule is CC1(C)c2cc3c(cc2-c2c1ccc1ccccc21)oc1c2c(ccc13)-c1c(ccc3ccccc13)C2(C)C. The van der Waals surface area contributed by atoms with E-state index >= 15 is 0 Å². The van der Waals surface area contributed by atoms with Crippen LogP contribution in [0.2, 0.25) is 0 Å². The van der Waals surface area contributed by atoms with Crippen molar-refractivity contribution in [2.24, 2.45) is 0 Å². The Morgan fingerprint density at radius 3 is 1.79 bits per heavy atom. The molecule has 186 valence electrons. The Labute approximate surface area is 227 Å². The fourth-order valence-electron chi connectivity index (χ4n) is 7.88. The summed E-state index contributed by atoms with van der Waals surface area (Å²) >= 11 is 0. The molecule has 1 heteroatoms. The molecule has 39 heavy (non-hydrogen) atoms. The number of hydrogen-bond acceptors (Lipinski definition) is 1. The van der Waals surface area contributed by atoms with E-state index in [-0.39, 0.29) is 10.8 Å². The van der Waals surface area contributed by atoms with Gasteiger partial charge in [-0.1, -0.05) is 107 Å². The van der Waals surface area contributed by atoms with Gasteiger partial charge in [0.25, 0.3) is 0 Å². The van der Waals surface area contributed by atoms with E-state index in [1.54, 1.807) is 0 Å². The second kappa shape index (κ2) is 6.79. The molecule has 2 aliphatic carbocycles. The van der Waals surface area contributed by atoms with Crippen LogP contribution in [-0.2, 0) is 10.8 Å². The van der Waals surface area contributed by atoms with Crippen molar-refractivity contribution >= 4 is 43.5 Å². The van der Waals surface area contributed by atoms with Gasteiger partial charge in [0.1, 0.15) is 11.2 Å².